The van der Waals surface area contributed by atoms with Gasteiger partial charge in [0.2, 0.25) is 0 Å². The van der Waals surface area contributed by atoms with Gasteiger partial charge in [0, 0.05) is 18.2 Å². The van der Waals surface area contributed by atoms with Crippen molar-refractivity contribution in [1.82, 2.24) is 10.1 Å². The van der Waals surface area contributed by atoms with Crippen LogP contribution in [0.1, 0.15) is 42.7 Å². The van der Waals surface area contributed by atoms with Crippen LogP contribution in [0.4, 0.5) is 0 Å². The fourth-order valence-electron chi connectivity index (χ4n) is 3.03. The Kier molecular flexibility index (Phi) is 8.02. The Morgan fingerprint density at radius 2 is 1.88 bits per heavy atom. The van der Waals surface area contributed by atoms with Gasteiger partial charge in [0.05, 0.1) is 5.69 Å². The summed E-state index contributed by atoms with van der Waals surface area (Å²) in [6.45, 7) is 6.05. The summed E-state index contributed by atoms with van der Waals surface area (Å²) in [5, 5.41) is 3.90. The first-order valence-corrected chi connectivity index (χ1v) is 8.87. The van der Waals surface area contributed by atoms with Crippen molar-refractivity contribution in [2.75, 3.05) is 26.2 Å². The van der Waals surface area contributed by atoms with Crippen molar-refractivity contribution in [3.63, 3.8) is 0 Å². The minimum Gasteiger partial charge on any atom is -0.492 e. The van der Waals surface area contributed by atoms with Gasteiger partial charge in [-0.05, 0) is 51.1 Å². The first-order valence-electron chi connectivity index (χ1n) is 8.87. The molecule has 5 heteroatoms. The number of nitrogens with zero attached hydrogens (tertiary/aromatic N) is 2. The van der Waals surface area contributed by atoms with E-state index in [-0.39, 0.29) is 12.4 Å². The molecule has 1 aliphatic heterocycles. The van der Waals surface area contributed by atoms with Crippen molar-refractivity contribution in [2.24, 2.45) is 0 Å². The summed E-state index contributed by atoms with van der Waals surface area (Å²) in [6, 6.07) is 10.0. The second kappa shape index (κ2) is 10.3. The molecule has 1 aliphatic rings. The van der Waals surface area contributed by atoms with Crippen LogP contribution in [0.3, 0.4) is 0 Å². The number of aryl methyl sites for hydroxylation is 1. The van der Waals surface area contributed by atoms with Crippen molar-refractivity contribution in [2.45, 2.75) is 32.6 Å². The lowest BCUT2D eigenvalue weighted by Gasteiger charge is -2.20. The molecule has 3 rings (SSSR count). The van der Waals surface area contributed by atoms with Crippen LogP contribution in [0, 0.1) is 6.92 Å². The van der Waals surface area contributed by atoms with E-state index in [1.807, 2.05) is 43.3 Å². The maximum Gasteiger partial charge on any atom is 0.159 e. The summed E-state index contributed by atoms with van der Waals surface area (Å²) in [4.78, 5) is 2.52. The molecule has 0 saturated carbocycles. The fourth-order valence-corrected chi connectivity index (χ4v) is 3.03. The van der Waals surface area contributed by atoms with Crippen LogP contribution in [0.5, 0.6) is 5.75 Å². The number of benzene rings is 1. The highest BCUT2D eigenvalue weighted by atomic mass is 35.5. The largest absolute Gasteiger partial charge is 0.492 e. The molecule has 0 N–H and O–H groups in total. The van der Waals surface area contributed by atoms with Gasteiger partial charge in [-0.1, -0.05) is 36.2 Å². The summed E-state index contributed by atoms with van der Waals surface area (Å²) in [5.41, 5.74) is 1.94. The van der Waals surface area contributed by atoms with Crippen LogP contribution in [-0.2, 0) is 0 Å². The monoisotopic (exact) mass is 362 g/mol. The van der Waals surface area contributed by atoms with Crippen molar-refractivity contribution in [3.05, 3.63) is 47.3 Å². The van der Waals surface area contributed by atoms with Crippen LogP contribution in [-0.4, -0.2) is 36.3 Å². The van der Waals surface area contributed by atoms with Crippen LogP contribution < -0.4 is 4.74 Å². The maximum atomic E-state index is 6.04. The van der Waals surface area contributed by atoms with Gasteiger partial charge in [-0.15, -0.1) is 12.4 Å². The Labute approximate surface area is 156 Å². The van der Waals surface area contributed by atoms with Crippen LogP contribution >= 0.6 is 12.4 Å². The Hall–Kier alpha value is -1.78. The zero-order valence-electron chi connectivity index (χ0n) is 14.8. The molecule has 0 unspecified atom stereocenters. The van der Waals surface area contributed by atoms with E-state index in [1.54, 1.807) is 0 Å². The van der Waals surface area contributed by atoms with Gasteiger partial charge in [0.25, 0.3) is 0 Å². The Bertz CT molecular complexity index is 661. The molecule has 25 heavy (non-hydrogen) atoms. The van der Waals surface area contributed by atoms with E-state index in [1.165, 1.54) is 38.8 Å². The van der Waals surface area contributed by atoms with Gasteiger partial charge < -0.3 is 9.26 Å². The zero-order chi connectivity index (χ0) is 16.6. The van der Waals surface area contributed by atoms with Gasteiger partial charge in [-0.3, -0.25) is 4.90 Å². The summed E-state index contributed by atoms with van der Waals surface area (Å²) >= 11 is 0. The molecular weight excluding hydrogens is 336 g/mol. The van der Waals surface area contributed by atoms with Crippen molar-refractivity contribution in [3.8, 4) is 5.75 Å². The third-order valence-corrected chi connectivity index (χ3v) is 4.36. The molecule has 2 aromatic rings. The van der Waals surface area contributed by atoms with Gasteiger partial charge in [0.1, 0.15) is 12.4 Å². The number of aromatic nitrogens is 1. The van der Waals surface area contributed by atoms with E-state index in [0.717, 1.165) is 35.9 Å². The lowest BCUT2D eigenvalue weighted by atomic mass is 10.2. The maximum absolute atomic E-state index is 6.04. The van der Waals surface area contributed by atoms with Crippen molar-refractivity contribution < 1.29 is 9.26 Å². The van der Waals surface area contributed by atoms with Gasteiger partial charge in [-0.2, -0.15) is 0 Å². The van der Waals surface area contributed by atoms with Crippen molar-refractivity contribution in [1.29, 1.82) is 0 Å². The van der Waals surface area contributed by atoms with E-state index >= 15 is 0 Å². The predicted octanol–water partition coefficient (Wildman–Crippen LogP) is 4.83. The molecule has 0 amide bonds. The topological polar surface area (TPSA) is 38.5 Å². The number of ether oxygens (including phenoxy) is 1. The normalized spacial score (nSPS) is 15.7. The lowest BCUT2D eigenvalue weighted by Crippen LogP contribution is -2.29. The summed E-state index contributed by atoms with van der Waals surface area (Å²) in [7, 11) is 0. The highest BCUT2D eigenvalue weighted by Crippen LogP contribution is 2.21. The molecule has 1 aromatic carbocycles. The molecule has 0 aliphatic carbocycles. The molecule has 0 atom stereocenters. The van der Waals surface area contributed by atoms with E-state index in [9.17, 15) is 0 Å². The number of hydrogen-bond donors (Lipinski definition) is 0. The summed E-state index contributed by atoms with van der Waals surface area (Å²) in [5.74, 6) is 1.67. The number of rotatable bonds is 6. The van der Waals surface area contributed by atoms with Crippen molar-refractivity contribution >= 4 is 24.6 Å². The number of para-hydroxylation sites is 1. The average Bonchev–Trinajstić information content (AvgIpc) is 2.84. The van der Waals surface area contributed by atoms with Crippen LogP contribution in [0.15, 0.2) is 34.9 Å². The smallest absolute Gasteiger partial charge is 0.159 e. The molecular formula is C20H27ClN2O2. The predicted molar refractivity (Wildman–Crippen MR) is 104 cm³/mol. The Morgan fingerprint density at radius 3 is 2.60 bits per heavy atom. The van der Waals surface area contributed by atoms with Gasteiger partial charge >= 0.3 is 0 Å². The minimum absolute atomic E-state index is 0. The summed E-state index contributed by atoms with van der Waals surface area (Å²) in [6.07, 6.45) is 9.31. The highest BCUT2D eigenvalue weighted by Gasteiger charge is 2.09. The fraction of sp³-hybridized carbons (Fsp3) is 0.450. The second-order valence-electron chi connectivity index (χ2n) is 6.35. The zero-order valence-corrected chi connectivity index (χ0v) is 15.6. The van der Waals surface area contributed by atoms with E-state index in [4.69, 9.17) is 9.26 Å². The first-order chi connectivity index (χ1) is 11.8. The summed E-state index contributed by atoms with van der Waals surface area (Å²) < 4.78 is 11.2. The molecule has 1 aromatic heterocycles. The van der Waals surface area contributed by atoms with Crippen LogP contribution in [0.2, 0.25) is 0 Å². The molecule has 0 bridgehead atoms. The Morgan fingerprint density at radius 1 is 1.12 bits per heavy atom. The lowest BCUT2D eigenvalue weighted by molar-refractivity contribution is 0.214. The number of halogens is 1. The first kappa shape index (κ1) is 19.5. The molecule has 4 nitrogen and oxygen atoms in total. The molecule has 0 radical (unpaired) electrons. The molecule has 2 heterocycles. The molecule has 136 valence electrons. The third-order valence-electron chi connectivity index (χ3n) is 4.36. The van der Waals surface area contributed by atoms with Crippen LogP contribution in [0.25, 0.3) is 12.2 Å². The van der Waals surface area contributed by atoms with E-state index in [2.05, 4.69) is 16.1 Å². The van der Waals surface area contributed by atoms with E-state index in [0.29, 0.717) is 0 Å². The second-order valence-corrected chi connectivity index (χ2v) is 6.35. The Balaban J connectivity index is 0.00000225. The molecule has 1 fully saturated rings. The van der Waals surface area contributed by atoms with E-state index < -0.39 is 0 Å². The van der Waals surface area contributed by atoms with Gasteiger partial charge in [-0.25, -0.2) is 0 Å². The van der Waals surface area contributed by atoms with Gasteiger partial charge in [0.15, 0.2) is 5.76 Å². The SMILES string of the molecule is Cc1cc(/C=C/c2ccccc2OCCN2CCCCCC2)on1.Cl. The quantitative estimate of drug-likeness (QED) is 0.737. The highest BCUT2D eigenvalue weighted by molar-refractivity contribution is 5.85. The minimum atomic E-state index is 0. The third kappa shape index (κ3) is 6.22. The molecule has 1 saturated heterocycles. The number of hydrogen-bond acceptors (Lipinski definition) is 4. The average molecular weight is 363 g/mol. The molecule has 0 spiro atoms. The standard InChI is InChI=1S/C20H26N2O2.ClH/c1-17-16-19(24-21-17)11-10-18-8-4-5-9-20(18)23-15-14-22-12-6-2-3-7-13-22;/h4-5,8-11,16H,2-3,6-7,12-15H2,1H3;1H/b11-10+;. The number of likely N-dealkylation sites (tertiary alicyclic amines) is 1.